The maximum Gasteiger partial charge on any atom is 0.223 e. The number of aromatic amines is 1. The van der Waals surface area contributed by atoms with Gasteiger partial charge in [-0.3, -0.25) is 4.79 Å². The van der Waals surface area contributed by atoms with E-state index in [-0.39, 0.29) is 42.7 Å². The monoisotopic (exact) mass is 400 g/mol. The summed E-state index contributed by atoms with van der Waals surface area (Å²) in [5.74, 6) is 1.60. The highest BCUT2D eigenvalue weighted by atomic mass is 35.5. The van der Waals surface area contributed by atoms with Crippen LogP contribution in [0.1, 0.15) is 51.9 Å². The standard InChI is InChI=1S/C19H28N4O.2ClH/c1-12(2)10-17(18-21-15-6-4-5-7-16(15)22-18)23-19(24)14-8-9-20-13(3)11-14;;/h4-7,12-14,17,20H,8-11H2,1-3H3,(H,21,22)(H,23,24);2*1H/t13-,14-,17?;;/m0../s1. The highest BCUT2D eigenvalue weighted by molar-refractivity contribution is 5.85. The highest BCUT2D eigenvalue weighted by Gasteiger charge is 2.28. The highest BCUT2D eigenvalue weighted by Crippen LogP contribution is 2.24. The molecule has 2 aromatic rings. The third kappa shape index (κ3) is 5.60. The van der Waals surface area contributed by atoms with Crippen molar-refractivity contribution in [3.05, 3.63) is 30.1 Å². The van der Waals surface area contributed by atoms with Crippen molar-refractivity contribution in [2.45, 2.75) is 52.1 Å². The molecule has 1 saturated heterocycles. The van der Waals surface area contributed by atoms with Gasteiger partial charge in [-0.05, 0) is 50.8 Å². The molecule has 26 heavy (non-hydrogen) atoms. The van der Waals surface area contributed by atoms with E-state index in [1.54, 1.807) is 0 Å². The molecule has 0 aliphatic carbocycles. The van der Waals surface area contributed by atoms with E-state index in [4.69, 9.17) is 4.98 Å². The van der Waals surface area contributed by atoms with Gasteiger partial charge in [0.1, 0.15) is 5.82 Å². The van der Waals surface area contributed by atoms with Crippen LogP contribution in [0.15, 0.2) is 24.3 Å². The number of carbonyl (C=O) groups excluding carboxylic acids is 1. The van der Waals surface area contributed by atoms with Crippen molar-refractivity contribution in [2.75, 3.05) is 6.54 Å². The third-order valence-corrected chi connectivity index (χ3v) is 4.76. The van der Waals surface area contributed by atoms with Crippen LogP contribution in [0.3, 0.4) is 0 Å². The van der Waals surface area contributed by atoms with E-state index >= 15 is 0 Å². The molecule has 2 heterocycles. The summed E-state index contributed by atoms with van der Waals surface area (Å²) in [5, 5.41) is 6.66. The lowest BCUT2D eigenvalue weighted by Gasteiger charge is -2.29. The summed E-state index contributed by atoms with van der Waals surface area (Å²) in [5.41, 5.74) is 1.97. The number of amides is 1. The lowest BCUT2D eigenvalue weighted by atomic mass is 9.92. The number of hydrogen-bond acceptors (Lipinski definition) is 3. The number of para-hydroxylation sites is 2. The van der Waals surface area contributed by atoms with Crippen LogP contribution in [-0.4, -0.2) is 28.5 Å². The molecule has 0 bridgehead atoms. The lowest BCUT2D eigenvalue weighted by molar-refractivity contribution is -0.127. The van der Waals surface area contributed by atoms with Crippen LogP contribution in [0.25, 0.3) is 11.0 Å². The van der Waals surface area contributed by atoms with Crippen LogP contribution >= 0.6 is 24.8 Å². The minimum Gasteiger partial charge on any atom is -0.346 e. The first-order valence-corrected chi connectivity index (χ1v) is 9.01. The second kappa shape index (κ2) is 10.1. The van der Waals surface area contributed by atoms with Gasteiger partial charge in [0.15, 0.2) is 0 Å². The van der Waals surface area contributed by atoms with E-state index in [0.717, 1.165) is 42.7 Å². The Balaban J connectivity index is 0.00000169. The predicted octanol–water partition coefficient (Wildman–Crippen LogP) is 4.00. The Labute approximate surface area is 167 Å². The molecule has 3 N–H and O–H groups in total. The van der Waals surface area contributed by atoms with E-state index in [1.807, 2.05) is 24.3 Å². The Morgan fingerprint density at radius 3 is 2.69 bits per heavy atom. The number of nitrogens with one attached hydrogen (secondary N) is 3. The summed E-state index contributed by atoms with van der Waals surface area (Å²) in [6.45, 7) is 7.41. The Hall–Kier alpha value is -1.30. The van der Waals surface area contributed by atoms with Gasteiger partial charge in [0.05, 0.1) is 17.1 Å². The second-order valence-corrected chi connectivity index (χ2v) is 7.41. The first-order valence-electron chi connectivity index (χ1n) is 9.01. The van der Waals surface area contributed by atoms with Crippen molar-refractivity contribution >= 4 is 41.8 Å². The lowest BCUT2D eigenvalue weighted by Crippen LogP contribution is -2.43. The number of benzene rings is 1. The van der Waals surface area contributed by atoms with E-state index in [0.29, 0.717) is 12.0 Å². The minimum atomic E-state index is -0.0601. The van der Waals surface area contributed by atoms with E-state index in [1.165, 1.54) is 0 Å². The van der Waals surface area contributed by atoms with Gasteiger partial charge in [-0.2, -0.15) is 0 Å². The van der Waals surface area contributed by atoms with E-state index < -0.39 is 0 Å². The smallest absolute Gasteiger partial charge is 0.223 e. The largest absolute Gasteiger partial charge is 0.346 e. The maximum atomic E-state index is 12.7. The first kappa shape index (κ1) is 22.7. The number of rotatable bonds is 5. The summed E-state index contributed by atoms with van der Waals surface area (Å²) < 4.78 is 0. The van der Waals surface area contributed by atoms with Gasteiger partial charge in [0, 0.05) is 12.0 Å². The summed E-state index contributed by atoms with van der Waals surface area (Å²) in [4.78, 5) is 20.8. The average Bonchev–Trinajstić information content (AvgIpc) is 2.97. The number of carbonyl (C=O) groups is 1. The molecule has 1 aliphatic rings. The molecule has 1 aliphatic heterocycles. The molecule has 1 fully saturated rings. The van der Waals surface area contributed by atoms with E-state index in [2.05, 4.69) is 36.4 Å². The van der Waals surface area contributed by atoms with Crippen molar-refractivity contribution in [2.24, 2.45) is 11.8 Å². The Morgan fingerprint density at radius 2 is 2.04 bits per heavy atom. The number of imidazole rings is 1. The molecule has 1 amide bonds. The van der Waals surface area contributed by atoms with Crippen LogP contribution < -0.4 is 10.6 Å². The average molecular weight is 401 g/mol. The van der Waals surface area contributed by atoms with Crippen molar-refractivity contribution < 1.29 is 4.79 Å². The molecule has 0 spiro atoms. The van der Waals surface area contributed by atoms with Crippen molar-refractivity contribution in [1.82, 2.24) is 20.6 Å². The zero-order valence-corrected chi connectivity index (χ0v) is 17.3. The Kier molecular flexibility index (Phi) is 8.87. The zero-order chi connectivity index (χ0) is 17.1. The second-order valence-electron chi connectivity index (χ2n) is 7.41. The van der Waals surface area contributed by atoms with Crippen molar-refractivity contribution in [3.63, 3.8) is 0 Å². The van der Waals surface area contributed by atoms with Crippen molar-refractivity contribution in [3.8, 4) is 0 Å². The number of piperidine rings is 1. The minimum absolute atomic E-state index is 0. The van der Waals surface area contributed by atoms with Crippen LogP contribution in [0.4, 0.5) is 0 Å². The van der Waals surface area contributed by atoms with Crippen LogP contribution in [0.2, 0.25) is 0 Å². The molecule has 5 nitrogen and oxygen atoms in total. The summed E-state index contributed by atoms with van der Waals surface area (Å²) >= 11 is 0. The number of nitrogens with zero attached hydrogens (tertiary/aromatic N) is 1. The molecule has 0 radical (unpaired) electrons. The van der Waals surface area contributed by atoms with Crippen LogP contribution in [0, 0.1) is 11.8 Å². The third-order valence-electron chi connectivity index (χ3n) is 4.76. The SMILES string of the molecule is CC(C)CC(NC(=O)[C@H]1CCN[C@@H](C)C1)c1nc2ccccc2[nH]1.Cl.Cl. The Bertz CT molecular complexity index is 671. The molecule has 3 rings (SSSR count). The molecule has 1 aromatic carbocycles. The first-order chi connectivity index (χ1) is 11.5. The number of H-pyrrole nitrogens is 1. The molecule has 3 atom stereocenters. The quantitative estimate of drug-likeness (QED) is 0.709. The number of hydrogen-bond donors (Lipinski definition) is 3. The van der Waals surface area contributed by atoms with Crippen molar-refractivity contribution in [1.29, 1.82) is 0 Å². The molecule has 7 heteroatoms. The molecular formula is C19H30Cl2N4O. The summed E-state index contributed by atoms with van der Waals surface area (Å²) in [6, 6.07) is 8.35. The molecule has 146 valence electrons. The molecule has 0 saturated carbocycles. The van der Waals surface area contributed by atoms with Gasteiger partial charge < -0.3 is 15.6 Å². The maximum absolute atomic E-state index is 12.7. The van der Waals surface area contributed by atoms with E-state index in [9.17, 15) is 4.79 Å². The fraction of sp³-hybridized carbons (Fsp3) is 0.579. The topological polar surface area (TPSA) is 69.8 Å². The summed E-state index contributed by atoms with van der Waals surface area (Å²) in [6.07, 6.45) is 2.69. The van der Waals surface area contributed by atoms with Gasteiger partial charge in [0.25, 0.3) is 0 Å². The molecular weight excluding hydrogens is 371 g/mol. The predicted molar refractivity (Wildman–Crippen MR) is 111 cm³/mol. The van der Waals surface area contributed by atoms with Gasteiger partial charge in [-0.1, -0.05) is 26.0 Å². The van der Waals surface area contributed by atoms with Gasteiger partial charge in [0.2, 0.25) is 5.91 Å². The molecule has 1 unspecified atom stereocenters. The summed E-state index contributed by atoms with van der Waals surface area (Å²) in [7, 11) is 0. The number of aromatic nitrogens is 2. The number of fused-ring (bicyclic) bond motifs is 1. The van der Waals surface area contributed by atoms with Gasteiger partial charge in [-0.25, -0.2) is 4.98 Å². The number of halogens is 2. The van der Waals surface area contributed by atoms with Crippen LogP contribution in [-0.2, 0) is 4.79 Å². The van der Waals surface area contributed by atoms with Crippen LogP contribution in [0.5, 0.6) is 0 Å². The Morgan fingerprint density at radius 1 is 1.31 bits per heavy atom. The van der Waals surface area contributed by atoms with Gasteiger partial charge >= 0.3 is 0 Å². The fourth-order valence-corrected chi connectivity index (χ4v) is 3.51. The molecule has 1 aromatic heterocycles. The zero-order valence-electron chi connectivity index (χ0n) is 15.6. The fourth-order valence-electron chi connectivity index (χ4n) is 3.51. The van der Waals surface area contributed by atoms with Gasteiger partial charge in [-0.15, -0.1) is 24.8 Å². The normalized spacial score (nSPS) is 20.9.